The van der Waals surface area contributed by atoms with Gasteiger partial charge in [0.2, 0.25) is 5.91 Å². The first-order valence-corrected chi connectivity index (χ1v) is 9.09. The number of carbonyl (C=O) groups is 1. The average Bonchev–Trinajstić information content (AvgIpc) is 3.33. The molecule has 2 aliphatic rings. The predicted molar refractivity (Wildman–Crippen MR) is 94.6 cm³/mol. The molecule has 1 amide bonds. The van der Waals surface area contributed by atoms with Crippen molar-refractivity contribution in [3.8, 4) is 5.82 Å². The lowest BCUT2D eigenvalue weighted by atomic mass is 10.1. The summed E-state index contributed by atoms with van der Waals surface area (Å²) < 4.78 is 1.76. The van der Waals surface area contributed by atoms with Crippen LogP contribution in [0.25, 0.3) is 5.82 Å². The molecule has 0 bridgehead atoms. The van der Waals surface area contributed by atoms with E-state index in [2.05, 4.69) is 20.0 Å². The van der Waals surface area contributed by atoms with E-state index < -0.39 is 0 Å². The number of carbonyl (C=O) groups excluding carboxylic acids is 1. The SMILES string of the molecule is Cc1ccn(-c2cc(N3CCN(C(=O)C4CCCC4)CC3)ncn2)n1. The summed E-state index contributed by atoms with van der Waals surface area (Å²) >= 11 is 0. The van der Waals surface area contributed by atoms with Crippen LogP contribution in [0.1, 0.15) is 31.4 Å². The molecule has 132 valence electrons. The van der Waals surface area contributed by atoms with Crippen LogP contribution in [0.3, 0.4) is 0 Å². The second kappa shape index (κ2) is 6.82. The quantitative estimate of drug-likeness (QED) is 0.852. The zero-order chi connectivity index (χ0) is 17.2. The van der Waals surface area contributed by atoms with Crippen LogP contribution in [0.5, 0.6) is 0 Å². The number of hydrogen-bond acceptors (Lipinski definition) is 5. The van der Waals surface area contributed by atoms with Gasteiger partial charge in [0.25, 0.3) is 0 Å². The lowest BCUT2D eigenvalue weighted by Gasteiger charge is -2.36. The molecule has 25 heavy (non-hydrogen) atoms. The first kappa shape index (κ1) is 16.1. The minimum atomic E-state index is 0.264. The Morgan fingerprint density at radius 1 is 1.08 bits per heavy atom. The molecule has 0 atom stereocenters. The van der Waals surface area contributed by atoms with Crippen LogP contribution in [0.2, 0.25) is 0 Å². The third-order valence-corrected chi connectivity index (χ3v) is 5.22. The fraction of sp³-hybridized carbons (Fsp3) is 0.556. The molecule has 0 spiro atoms. The molecule has 3 heterocycles. The van der Waals surface area contributed by atoms with E-state index in [-0.39, 0.29) is 5.92 Å². The normalized spacial score (nSPS) is 18.8. The summed E-state index contributed by atoms with van der Waals surface area (Å²) in [6.45, 7) is 5.13. The van der Waals surface area contributed by atoms with E-state index in [1.807, 2.05) is 30.2 Å². The zero-order valence-electron chi connectivity index (χ0n) is 14.6. The Morgan fingerprint density at radius 2 is 1.80 bits per heavy atom. The van der Waals surface area contributed by atoms with Crippen molar-refractivity contribution in [1.82, 2.24) is 24.6 Å². The molecular formula is C18H24N6O. The molecule has 0 aromatic carbocycles. The Hall–Kier alpha value is -2.44. The van der Waals surface area contributed by atoms with Crippen LogP contribution in [0.15, 0.2) is 24.7 Å². The number of rotatable bonds is 3. The van der Waals surface area contributed by atoms with E-state index in [0.717, 1.165) is 56.4 Å². The summed E-state index contributed by atoms with van der Waals surface area (Å²) in [6, 6.07) is 3.91. The van der Waals surface area contributed by atoms with Gasteiger partial charge in [-0.25, -0.2) is 14.6 Å². The fourth-order valence-electron chi connectivity index (χ4n) is 3.76. The van der Waals surface area contributed by atoms with E-state index >= 15 is 0 Å². The maximum Gasteiger partial charge on any atom is 0.225 e. The van der Waals surface area contributed by atoms with Gasteiger partial charge in [-0.2, -0.15) is 5.10 Å². The van der Waals surface area contributed by atoms with Crippen LogP contribution in [-0.2, 0) is 4.79 Å². The summed E-state index contributed by atoms with van der Waals surface area (Å²) in [5.74, 6) is 2.28. The van der Waals surface area contributed by atoms with Crippen LogP contribution in [0, 0.1) is 12.8 Å². The second-order valence-corrected chi connectivity index (χ2v) is 6.93. The van der Waals surface area contributed by atoms with Gasteiger partial charge in [0.05, 0.1) is 5.69 Å². The van der Waals surface area contributed by atoms with Gasteiger partial charge in [-0.05, 0) is 25.8 Å². The smallest absolute Gasteiger partial charge is 0.225 e. The number of hydrogen-bond donors (Lipinski definition) is 0. The lowest BCUT2D eigenvalue weighted by Crippen LogP contribution is -2.50. The molecule has 0 radical (unpaired) electrons. The Bertz CT molecular complexity index is 744. The van der Waals surface area contributed by atoms with Gasteiger partial charge in [-0.3, -0.25) is 4.79 Å². The Balaban J connectivity index is 1.41. The van der Waals surface area contributed by atoms with Crippen LogP contribution >= 0.6 is 0 Å². The van der Waals surface area contributed by atoms with E-state index in [1.54, 1.807) is 11.0 Å². The molecule has 0 N–H and O–H groups in total. The largest absolute Gasteiger partial charge is 0.353 e. The van der Waals surface area contributed by atoms with Gasteiger partial charge in [0.1, 0.15) is 12.1 Å². The molecular weight excluding hydrogens is 316 g/mol. The molecule has 1 aliphatic heterocycles. The summed E-state index contributed by atoms with van der Waals surface area (Å²) in [4.78, 5) is 25.5. The molecule has 2 aromatic rings. The van der Waals surface area contributed by atoms with Crippen molar-refractivity contribution in [1.29, 1.82) is 0 Å². The van der Waals surface area contributed by atoms with Crippen LogP contribution < -0.4 is 4.90 Å². The maximum absolute atomic E-state index is 12.6. The van der Waals surface area contributed by atoms with Gasteiger partial charge >= 0.3 is 0 Å². The second-order valence-electron chi connectivity index (χ2n) is 6.93. The van der Waals surface area contributed by atoms with Crippen molar-refractivity contribution in [2.45, 2.75) is 32.6 Å². The fourth-order valence-corrected chi connectivity index (χ4v) is 3.76. The number of nitrogens with zero attached hydrogens (tertiary/aromatic N) is 6. The first-order chi connectivity index (χ1) is 12.2. The average molecular weight is 340 g/mol. The Kier molecular flexibility index (Phi) is 4.38. The molecule has 4 rings (SSSR count). The molecule has 1 saturated heterocycles. The molecule has 7 heteroatoms. The van der Waals surface area contributed by atoms with Gasteiger partial charge in [0, 0.05) is 44.4 Å². The minimum Gasteiger partial charge on any atom is -0.353 e. The van der Waals surface area contributed by atoms with Gasteiger partial charge in [0.15, 0.2) is 5.82 Å². The third-order valence-electron chi connectivity index (χ3n) is 5.22. The summed E-state index contributed by atoms with van der Waals surface area (Å²) in [5.41, 5.74) is 0.958. The van der Waals surface area contributed by atoms with Crippen molar-refractivity contribution in [3.63, 3.8) is 0 Å². The number of amides is 1. The standard InChI is InChI=1S/C18H24N6O/c1-14-6-7-24(21-14)17-12-16(19-13-20-17)22-8-10-23(11-9-22)18(25)15-4-2-3-5-15/h6-7,12-13,15H,2-5,8-11H2,1H3. The monoisotopic (exact) mass is 340 g/mol. The van der Waals surface area contributed by atoms with Gasteiger partial charge in [-0.1, -0.05) is 12.8 Å². The van der Waals surface area contributed by atoms with E-state index in [1.165, 1.54) is 12.8 Å². The molecule has 2 fully saturated rings. The van der Waals surface area contributed by atoms with Crippen molar-refractivity contribution < 1.29 is 4.79 Å². The van der Waals surface area contributed by atoms with Crippen LogP contribution in [0.4, 0.5) is 5.82 Å². The number of piperazine rings is 1. The van der Waals surface area contributed by atoms with Gasteiger partial charge in [-0.15, -0.1) is 0 Å². The van der Waals surface area contributed by atoms with Crippen molar-refractivity contribution in [2.75, 3.05) is 31.1 Å². The highest BCUT2D eigenvalue weighted by atomic mass is 16.2. The lowest BCUT2D eigenvalue weighted by molar-refractivity contribution is -0.135. The summed E-state index contributed by atoms with van der Waals surface area (Å²) in [5, 5.41) is 4.40. The maximum atomic E-state index is 12.6. The van der Waals surface area contributed by atoms with Crippen molar-refractivity contribution >= 4 is 11.7 Å². The molecule has 7 nitrogen and oxygen atoms in total. The van der Waals surface area contributed by atoms with Gasteiger partial charge < -0.3 is 9.80 Å². The summed E-state index contributed by atoms with van der Waals surface area (Å²) in [6.07, 6.45) is 8.02. The van der Waals surface area contributed by atoms with E-state index in [4.69, 9.17) is 0 Å². The first-order valence-electron chi connectivity index (χ1n) is 9.09. The molecule has 1 aliphatic carbocycles. The molecule has 2 aromatic heterocycles. The zero-order valence-corrected chi connectivity index (χ0v) is 14.6. The van der Waals surface area contributed by atoms with Crippen molar-refractivity contribution in [2.24, 2.45) is 5.92 Å². The minimum absolute atomic E-state index is 0.264. The molecule has 1 saturated carbocycles. The van der Waals surface area contributed by atoms with Crippen molar-refractivity contribution in [3.05, 3.63) is 30.4 Å². The topological polar surface area (TPSA) is 67.2 Å². The predicted octanol–water partition coefficient (Wildman–Crippen LogP) is 1.81. The molecule has 0 unspecified atom stereocenters. The third kappa shape index (κ3) is 3.36. The highest BCUT2D eigenvalue weighted by molar-refractivity contribution is 5.79. The van der Waals surface area contributed by atoms with Crippen LogP contribution in [-0.4, -0.2) is 56.7 Å². The number of anilines is 1. The number of aromatic nitrogens is 4. The van der Waals surface area contributed by atoms with E-state index in [9.17, 15) is 4.79 Å². The Labute approximate surface area is 147 Å². The highest BCUT2D eigenvalue weighted by Crippen LogP contribution is 2.27. The summed E-state index contributed by atoms with van der Waals surface area (Å²) in [7, 11) is 0. The van der Waals surface area contributed by atoms with E-state index in [0.29, 0.717) is 5.91 Å². The Morgan fingerprint density at radius 3 is 2.48 bits per heavy atom. The highest BCUT2D eigenvalue weighted by Gasteiger charge is 2.29. The number of aryl methyl sites for hydroxylation is 1.